The van der Waals surface area contributed by atoms with Gasteiger partial charge < -0.3 is 4.90 Å². The summed E-state index contributed by atoms with van der Waals surface area (Å²) in [5, 5.41) is 9.99. The third kappa shape index (κ3) is 4.04. The molecule has 2 aromatic heterocycles. The molecule has 9 heteroatoms. The molecule has 0 spiro atoms. The molecule has 1 N–H and O–H groups in total. The lowest BCUT2D eigenvalue weighted by molar-refractivity contribution is 0.400. The Bertz CT molecular complexity index is 1160. The highest BCUT2D eigenvalue weighted by molar-refractivity contribution is 7.89. The van der Waals surface area contributed by atoms with Gasteiger partial charge in [-0.1, -0.05) is 18.2 Å². The van der Waals surface area contributed by atoms with Crippen molar-refractivity contribution in [2.45, 2.75) is 17.7 Å². The molecule has 8 nitrogen and oxygen atoms in total. The molecule has 1 saturated heterocycles. The maximum absolute atomic E-state index is 12.8. The molecule has 0 unspecified atom stereocenters. The van der Waals surface area contributed by atoms with Crippen LogP contribution in [0.1, 0.15) is 18.5 Å². The smallest absolute Gasteiger partial charge is 0.242 e. The van der Waals surface area contributed by atoms with Crippen LogP contribution >= 0.6 is 0 Å². The van der Waals surface area contributed by atoms with Gasteiger partial charge in [-0.25, -0.2) is 23.1 Å². The minimum atomic E-state index is -3.65. The van der Waals surface area contributed by atoms with Crippen molar-refractivity contribution < 1.29 is 8.42 Å². The summed E-state index contributed by atoms with van der Waals surface area (Å²) in [6, 6.07) is 10.9. The molecule has 0 amide bonds. The highest BCUT2D eigenvalue weighted by Crippen LogP contribution is 2.24. The summed E-state index contributed by atoms with van der Waals surface area (Å²) >= 11 is 0. The van der Waals surface area contributed by atoms with Gasteiger partial charge in [0.25, 0.3) is 0 Å². The van der Waals surface area contributed by atoms with Crippen LogP contribution in [-0.2, 0) is 10.0 Å². The number of para-hydroxylation sites is 1. The van der Waals surface area contributed by atoms with Crippen molar-refractivity contribution in [1.29, 1.82) is 5.26 Å². The van der Waals surface area contributed by atoms with Crippen LogP contribution < -0.4 is 9.62 Å². The van der Waals surface area contributed by atoms with E-state index >= 15 is 0 Å². The second kappa shape index (κ2) is 8.11. The Morgan fingerprint density at radius 3 is 2.62 bits per heavy atom. The predicted octanol–water partition coefficient (Wildman–Crippen LogP) is 2.09. The fourth-order valence-corrected chi connectivity index (χ4v) is 4.88. The molecular formula is C20H20N6O2S. The molecule has 3 heterocycles. The number of anilines is 1. The fraction of sp³-hybridized carbons (Fsp3) is 0.300. The van der Waals surface area contributed by atoms with Gasteiger partial charge in [-0.15, -0.1) is 0 Å². The number of rotatable bonds is 5. The number of nitriles is 1. The number of hydrogen-bond acceptors (Lipinski definition) is 7. The molecule has 0 radical (unpaired) electrons. The lowest BCUT2D eigenvalue weighted by atomic mass is 9.97. The summed E-state index contributed by atoms with van der Waals surface area (Å²) in [4.78, 5) is 14.8. The summed E-state index contributed by atoms with van der Waals surface area (Å²) in [6.45, 7) is 1.77. The topological polar surface area (TPSA) is 112 Å². The first-order valence-corrected chi connectivity index (χ1v) is 10.9. The minimum absolute atomic E-state index is 0.200. The van der Waals surface area contributed by atoms with E-state index in [1.807, 2.05) is 17.0 Å². The second-order valence-corrected chi connectivity index (χ2v) is 8.69. The summed E-state index contributed by atoms with van der Waals surface area (Å²) in [5.41, 5.74) is 0.791. The van der Waals surface area contributed by atoms with Crippen LogP contribution in [0.5, 0.6) is 0 Å². The van der Waals surface area contributed by atoms with Crippen LogP contribution in [0.25, 0.3) is 10.9 Å². The Morgan fingerprint density at radius 1 is 1.07 bits per heavy atom. The van der Waals surface area contributed by atoms with Gasteiger partial charge in [0.05, 0.1) is 5.52 Å². The van der Waals surface area contributed by atoms with Gasteiger partial charge in [0.15, 0.2) is 11.5 Å². The Kier molecular flexibility index (Phi) is 5.38. The largest absolute Gasteiger partial charge is 0.354 e. The second-order valence-electron chi connectivity index (χ2n) is 6.95. The third-order valence-corrected chi connectivity index (χ3v) is 6.60. The zero-order valence-electron chi connectivity index (χ0n) is 15.7. The predicted molar refractivity (Wildman–Crippen MR) is 109 cm³/mol. The monoisotopic (exact) mass is 408 g/mol. The van der Waals surface area contributed by atoms with Crippen LogP contribution in [0.15, 0.2) is 53.8 Å². The van der Waals surface area contributed by atoms with E-state index in [1.54, 1.807) is 30.6 Å². The Balaban J connectivity index is 1.41. The third-order valence-electron chi connectivity index (χ3n) is 5.15. The molecule has 0 saturated carbocycles. The summed E-state index contributed by atoms with van der Waals surface area (Å²) < 4.78 is 28.4. The first kappa shape index (κ1) is 19.2. The minimum Gasteiger partial charge on any atom is -0.354 e. The number of aromatic nitrogens is 3. The van der Waals surface area contributed by atoms with Crippen molar-refractivity contribution in [3.05, 3.63) is 54.6 Å². The van der Waals surface area contributed by atoms with Gasteiger partial charge in [0.1, 0.15) is 11.0 Å². The summed E-state index contributed by atoms with van der Waals surface area (Å²) in [5.74, 6) is 0.807. The standard InChI is InChI=1S/C20H20N6O2S/c21-13-17-20(24-10-9-22-17)26-11-6-15(7-12-26)14-25-29(27,28)18-5-1-3-16-4-2-8-23-19(16)18/h1-5,8-10,15,25H,6-7,11-12,14H2. The zero-order valence-corrected chi connectivity index (χ0v) is 16.5. The van der Waals surface area contributed by atoms with E-state index in [1.165, 1.54) is 6.20 Å². The van der Waals surface area contributed by atoms with Gasteiger partial charge in [0, 0.05) is 43.6 Å². The average molecular weight is 408 g/mol. The van der Waals surface area contributed by atoms with Crippen molar-refractivity contribution in [1.82, 2.24) is 19.7 Å². The van der Waals surface area contributed by atoms with Crippen LogP contribution in [0.2, 0.25) is 0 Å². The van der Waals surface area contributed by atoms with Crippen LogP contribution in [0.4, 0.5) is 5.82 Å². The van der Waals surface area contributed by atoms with Crippen molar-refractivity contribution in [3.8, 4) is 6.07 Å². The molecule has 1 aliphatic rings. The number of sulfonamides is 1. The van der Waals surface area contributed by atoms with E-state index in [0.717, 1.165) is 18.2 Å². The Morgan fingerprint density at radius 2 is 1.83 bits per heavy atom. The molecule has 0 atom stereocenters. The highest BCUT2D eigenvalue weighted by atomic mass is 32.2. The zero-order chi connectivity index (χ0) is 20.3. The van der Waals surface area contributed by atoms with E-state index < -0.39 is 10.0 Å². The van der Waals surface area contributed by atoms with E-state index in [0.29, 0.717) is 36.7 Å². The number of hydrogen-bond donors (Lipinski definition) is 1. The number of pyridine rings is 1. The van der Waals surface area contributed by atoms with Gasteiger partial charge in [-0.05, 0) is 30.9 Å². The molecule has 1 fully saturated rings. The van der Waals surface area contributed by atoms with Gasteiger partial charge >= 0.3 is 0 Å². The normalized spacial score (nSPS) is 15.3. The van der Waals surface area contributed by atoms with Crippen LogP contribution in [0.3, 0.4) is 0 Å². The van der Waals surface area contributed by atoms with Crippen LogP contribution in [-0.4, -0.2) is 43.0 Å². The quantitative estimate of drug-likeness (QED) is 0.688. The van der Waals surface area contributed by atoms with E-state index in [4.69, 9.17) is 0 Å². The van der Waals surface area contributed by atoms with Crippen molar-refractivity contribution in [2.24, 2.45) is 5.92 Å². The van der Waals surface area contributed by atoms with E-state index in [2.05, 4.69) is 25.7 Å². The lowest BCUT2D eigenvalue weighted by Crippen LogP contribution is -2.39. The van der Waals surface area contributed by atoms with Crippen molar-refractivity contribution in [3.63, 3.8) is 0 Å². The molecule has 1 aromatic carbocycles. The SMILES string of the molecule is N#Cc1nccnc1N1CCC(CNS(=O)(=O)c2cccc3cccnc23)CC1. The Hall–Kier alpha value is -3.09. The molecule has 0 bridgehead atoms. The molecule has 4 rings (SSSR count). The Labute approximate surface area is 169 Å². The number of nitrogens with one attached hydrogen (secondary N) is 1. The van der Waals surface area contributed by atoms with Gasteiger partial charge in [0.2, 0.25) is 10.0 Å². The number of nitrogens with zero attached hydrogens (tertiary/aromatic N) is 5. The fourth-order valence-electron chi connectivity index (χ4n) is 3.59. The molecule has 0 aliphatic carbocycles. The number of piperidine rings is 1. The van der Waals surface area contributed by atoms with E-state index in [-0.39, 0.29) is 10.8 Å². The van der Waals surface area contributed by atoms with Gasteiger partial charge in [-0.3, -0.25) is 4.98 Å². The van der Waals surface area contributed by atoms with Crippen LogP contribution in [0, 0.1) is 17.2 Å². The highest BCUT2D eigenvalue weighted by Gasteiger charge is 2.25. The summed E-state index contributed by atoms with van der Waals surface area (Å²) in [6.07, 6.45) is 6.29. The molecular weight excluding hydrogens is 388 g/mol. The average Bonchev–Trinajstić information content (AvgIpc) is 2.77. The molecule has 148 valence electrons. The first-order valence-electron chi connectivity index (χ1n) is 9.38. The number of benzene rings is 1. The van der Waals surface area contributed by atoms with Crippen molar-refractivity contribution in [2.75, 3.05) is 24.5 Å². The molecule has 3 aromatic rings. The van der Waals surface area contributed by atoms with E-state index in [9.17, 15) is 13.7 Å². The number of fused-ring (bicyclic) bond motifs is 1. The van der Waals surface area contributed by atoms with Crippen molar-refractivity contribution >= 4 is 26.7 Å². The van der Waals surface area contributed by atoms with Gasteiger partial charge in [-0.2, -0.15) is 5.26 Å². The molecule has 29 heavy (non-hydrogen) atoms. The maximum atomic E-state index is 12.8. The summed E-state index contributed by atoms with van der Waals surface area (Å²) in [7, 11) is -3.65. The lowest BCUT2D eigenvalue weighted by Gasteiger charge is -2.32. The molecule has 1 aliphatic heterocycles. The maximum Gasteiger partial charge on any atom is 0.242 e. The first-order chi connectivity index (χ1) is 14.1.